The van der Waals surface area contributed by atoms with E-state index < -0.39 is 10.0 Å². The Hall–Kier alpha value is -0.430. The molecule has 1 heterocycles. The molecule has 0 atom stereocenters. The highest BCUT2D eigenvalue weighted by Gasteiger charge is 2.41. The molecule has 0 aliphatic heterocycles. The Morgan fingerprint density at radius 2 is 2.17 bits per heavy atom. The van der Waals surface area contributed by atoms with Crippen molar-refractivity contribution >= 4 is 21.4 Å². The van der Waals surface area contributed by atoms with Gasteiger partial charge in [-0.15, -0.1) is 11.3 Å². The molecule has 0 amide bonds. The van der Waals surface area contributed by atoms with E-state index >= 15 is 0 Å². The minimum atomic E-state index is -3.41. The van der Waals surface area contributed by atoms with Crippen LogP contribution in [0.5, 0.6) is 0 Å². The number of hydrogen-bond acceptors (Lipinski definition) is 4. The number of thiophene rings is 1. The van der Waals surface area contributed by atoms with Crippen LogP contribution < -0.4 is 10.5 Å². The molecule has 1 aliphatic carbocycles. The Morgan fingerprint density at radius 3 is 2.67 bits per heavy atom. The van der Waals surface area contributed by atoms with E-state index in [0.717, 1.165) is 29.7 Å². The van der Waals surface area contributed by atoms with E-state index in [9.17, 15) is 8.42 Å². The Morgan fingerprint density at radius 1 is 1.50 bits per heavy atom. The van der Waals surface area contributed by atoms with Crippen molar-refractivity contribution in [1.82, 2.24) is 4.72 Å². The zero-order valence-corrected chi connectivity index (χ0v) is 12.5. The molecule has 1 saturated carbocycles. The third-order valence-corrected chi connectivity index (χ3v) is 6.67. The SMILES string of the molecule is CCC1(CNS(=O)(=O)c2c(C)csc2CN)CC1. The largest absolute Gasteiger partial charge is 0.326 e. The van der Waals surface area contributed by atoms with Crippen LogP contribution in [-0.4, -0.2) is 15.0 Å². The summed E-state index contributed by atoms with van der Waals surface area (Å²) in [4.78, 5) is 1.13. The van der Waals surface area contributed by atoms with Gasteiger partial charge in [0.15, 0.2) is 0 Å². The molecule has 6 heteroatoms. The van der Waals surface area contributed by atoms with Gasteiger partial charge in [-0.05, 0) is 42.5 Å². The molecule has 0 aromatic carbocycles. The molecule has 3 N–H and O–H groups in total. The lowest BCUT2D eigenvalue weighted by Gasteiger charge is -2.14. The summed E-state index contributed by atoms with van der Waals surface area (Å²) in [5.41, 5.74) is 6.59. The van der Waals surface area contributed by atoms with Crippen molar-refractivity contribution in [3.63, 3.8) is 0 Å². The minimum absolute atomic E-state index is 0.208. The zero-order chi connectivity index (χ0) is 13.4. The van der Waals surface area contributed by atoms with E-state index in [1.165, 1.54) is 11.3 Å². The quantitative estimate of drug-likeness (QED) is 0.841. The van der Waals surface area contributed by atoms with Crippen molar-refractivity contribution in [2.24, 2.45) is 11.1 Å². The topological polar surface area (TPSA) is 72.2 Å². The molecule has 0 spiro atoms. The van der Waals surface area contributed by atoms with Crippen LogP contribution in [0.2, 0.25) is 0 Å². The van der Waals surface area contributed by atoms with Crippen molar-refractivity contribution in [2.75, 3.05) is 6.54 Å². The predicted molar refractivity (Wildman–Crippen MR) is 74.1 cm³/mol. The number of nitrogens with two attached hydrogens (primary N) is 1. The molecule has 1 fully saturated rings. The maximum atomic E-state index is 12.3. The lowest BCUT2D eigenvalue weighted by Crippen LogP contribution is -2.31. The highest BCUT2D eigenvalue weighted by molar-refractivity contribution is 7.89. The van der Waals surface area contributed by atoms with E-state index in [0.29, 0.717) is 11.4 Å². The molecule has 2 rings (SSSR count). The molecule has 0 unspecified atom stereocenters. The van der Waals surface area contributed by atoms with E-state index in [2.05, 4.69) is 11.6 Å². The molecule has 4 nitrogen and oxygen atoms in total. The number of sulfonamides is 1. The molecular weight excluding hydrogens is 268 g/mol. The third kappa shape index (κ3) is 2.61. The average molecular weight is 288 g/mol. The number of hydrogen-bond donors (Lipinski definition) is 2. The van der Waals surface area contributed by atoms with Crippen LogP contribution in [0.25, 0.3) is 0 Å². The standard InChI is InChI=1S/C12H20N2O2S2/c1-3-12(4-5-12)8-14-18(15,16)11-9(2)7-17-10(11)6-13/h7,14H,3-6,8,13H2,1-2H3. The fourth-order valence-electron chi connectivity index (χ4n) is 2.14. The lowest BCUT2D eigenvalue weighted by atomic mass is 10.1. The molecule has 0 radical (unpaired) electrons. The van der Waals surface area contributed by atoms with Crippen LogP contribution in [0, 0.1) is 12.3 Å². The van der Waals surface area contributed by atoms with Gasteiger partial charge in [-0.2, -0.15) is 0 Å². The summed E-state index contributed by atoms with van der Waals surface area (Å²) >= 11 is 1.41. The molecule has 0 saturated heterocycles. The zero-order valence-electron chi connectivity index (χ0n) is 10.8. The molecule has 102 valence electrons. The average Bonchev–Trinajstić information content (AvgIpc) is 3.03. The maximum absolute atomic E-state index is 12.3. The summed E-state index contributed by atoms with van der Waals surface area (Å²) in [6.45, 7) is 4.75. The molecule has 1 aliphatic rings. The smallest absolute Gasteiger partial charge is 0.242 e. The van der Waals surface area contributed by atoms with Crippen LogP contribution in [-0.2, 0) is 16.6 Å². The van der Waals surface area contributed by atoms with Crippen LogP contribution in [0.3, 0.4) is 0 Å². The fourth-order valence-corrected chi connectivity index (χ4v) is 5.00. The van der Waals surface area contributed by atoms with E-state index in [1.54, 1.807) is 0 Å². The van der Waals surface area contributed by atoms with Gasteiger partial charge in [-0.3, -0.25) is 0 Å². The normalized spacial score (nSPS) is 17.9. The van der Waals surface area contributed by atoms with Gasteiger partial charge in [0.05, 0.1) is 0 Å². The van der Waals surface area contributed by atoms with Gasteiger partial charge in [0.1, 0.15) is 4.90 Å². The van der Waals surface area contributed by atoms with Gasteiger partial charge < -0.3 is 5.73 Å². The third-order valence-electron chi connectivity index (χ3n) is 3.79. The highest BCUT2D eigenvalue weighted by atomic mass is 32.2. The van der Waals surface area contributed by atoms with E-state index in [-0.39, 0.29) is 12.0 Å². The van der Waals surface area contributed by atoms with Crippen molar-refractivity contribution in [3.05, 3.63) is 15.8 Å². The summed E-state index contributed by atoms with van der Waals surface area (Å²) < 4.78 is 27.4. The van der Waals surface area contributed by atoms with Crippen molar-refractivity contribution in [2.45, 2.75) is 44.6 Å². The Bertz CT molecular complexity index is 530. The second-order valence-corrected chi connectivity index (χ2v) is 7.72. The van der Waals surface area contributed by atoms with Crippen molar-refractivity contribution in [3.8, 4) is 0 Å². The summed E-state index contributed by atoms with van der Waals surface area (Å²) in [5, 5.41) is 1.85. The van der Waals surface area contributed by atoms with Crippen LogP contribution >= 0.6 is 11.3 Å². The second-order valence-electron chi connectivity index (χ2n) is 5.05. The Labute approximate surface area is 113 Å². The molecule has 1 aromatic rings. The summed E-state index contributed by atoms with van der Waals surface area (Å²) in [7, 11) is -3.41. The van der Waals surface area contributed by atoms with Gasteiger partial charge in [0.2, 0.25) is 10.0 Å². The van der Waals surface area contributed by atoms with E-state index in [4.69, 9.17) is 5.73 Å². The molecule has 18 heavy (non-hydrogen) atoms. The van der Waals surface area contributed by atoms with Crippen LogP contribution in [0.15, 0.2) is 10.3 Å². The molecule has 0 bridgehead atoms. The number of aryl methyl sites for hydroxylation is 1. The van der Waals surface area contributed by atoms with Gasteiger partial charge >= 0.3 is 0 Å². The maximum Gasteiger partial charge on any atom is 0.242 e. The summed E-state index contributed by atoms with van der Waals surface area (Å²) in [6.07, 6.45) is 3.28. The first-order valence-electron chi connectivity index (χ1n) is 6.21. The Kier molecular flexibility index (Phi) is 3.82. The van der Waals surface area contributed by atoms with Crippen molar-refractivity contribution in [1.29, 1.82) is 0 Å². The molecular formula is C12H20N2O2S2. The van der Waals surface area contributed by atoms with Gasteiger partial charge in [-0.25, -0.2) is 13.1 Å². The highest BCUT2D eigenvalue weighted by Crippen LogP contribution is 2.48. The van der Waals surface area contributed by atoms with Crippen molar-refractivity contribution < 1.29 is 8.42 Å². The summed E-state index contributed by atoms with van der Waals surface area (Å²) in [6, 6.07) is 0. The fraction of sp³-hybridized carbons (Fsp3) is 0.667. The van der Waals surface area contributed by atoms with Gasteiger partial charge in [0, 0.05) is 18.0 Å². The van der Waals surface area contributed by atoms with Gasteiger partial charge in [-0.1, -0.05) is 6.92 Å². The predicted octanol–water partition coefficient (Wildman–Crippen LogP) is 1.98. The van der Waals surface area contributed by atoms with Gasteiger partial charge in [0.25, 0.3) is 0 Å². The first kappa shape index (κ1) is 14.0. The molecule has 1 aromatic heterocycles. The van der Waals surface area contributed by atoms with Crippen LogP contribution in [0.4, 0.5) is 0 Å². The number of nitrogens with one attached hydrogen (secondary N) is 1. The monoisotopic (exact) mass is 288 g/mol. The lowest BCUT2D eigenvalue weighted by molar-refractivity contribution is 0.475. The second kappa shape index (κ2) is 4.92. The van der Waals surface area contributed by atoms with E-state index in [1.807, 2.05) is 12.3 Å². The minimum Gasteiger partial charge on any atom is -0.326 e. The Balaban J connectivity index is 2.17. The van der Waals surface area contributed by atoms with Crippen LogP contribution in [0.1, 0.15) is 36.6 Å². The first-order valence-corrected chi connectivity index (χ1v) is 8.57. The first-order chi connectivity index (χ1) is 8.44. The number of rotatable bonds is 6. The summed E-state index contributed by atoms with van der Waals surface area (Å²) in [5.74, 6) is 0.